The first kappa shape index (κ1) is 12.7. The van der Waals surface area contributed by atoms with Crippen molar-refractivity contribution in [1.29, 1.82) is 0 Å². The molecule has 0 spiro atoms. The molecule has 1 heterocycles. The van der Waals surface area contributed by atoms with Gasteiger partial charge in [-0.3, -0.25) is 0 Å². The summed E-state index contributed by atoms with van der Waals surface area (Å²) in [6.07, 6.45) is 3.57. The highest BCUT2D eigenvalue weighted by molar-refractivity contribution is 5.55. The first-order chi connectivity index (χ1) is 8.69. The Hall–Kier alpha value is -1.74. The summed E-state index contributed by atoms with van der Waals surface area (Å²) >= 11 is 0. The zero-order valence-corrected chi connectivity index (χ0v) is 10.9. The second-order valence-electron chi connectivity index (χ2n) is 4.61. The van der Waals surface area contributed by atoms with Crippen molar-refractivity contribution in [3.63, 3.8) is 0 Å². The molecule has 0 saturated heterocycles. The van der Waals surface area contributed by atoms with Crippen LogP contribution in [0.25, 0.3) is 11.4 Å². The lowest BCUT2D eigenvalue weighted by Crippen LogP contribution is -2.22. The van der Waals surface area contributed by atoms with Crippen LogP contribution in [0.1, 0.15) is 24.6 Å². The highest BCUT2D eigenvalue weighted by Gasteiger charge is 2.05. The summed E-state index contributed by atoms with van der Waals surface area (Å²) in [6.45, 7) is 4.16. The molecule has 0 aliphatic rings. The Labute approximate surface area is 108 Å². The van der Waals surface area contributed by atoms with Gasteiger partial charge in [-0.2, -0.15) is 0 Å². The maximum absolute atomic E-state index is 5.95. The fourth-order valence-electron chi connectivity index (χ4n) is 1.76. The fourth-order valence-corrected chi connectivity index (χ4v) is 1.76. The fraction of sp³-hybridized carbons (Fsp3) is 0.333. The monoisotopic (exact) mass is 241 g/mol. The van der Waals surface area contributed by atoms with Crippen LogP contribution in [-0.4, -0.2) is 16.0 Å². The van der Waals surface area contributed by atoms with Gasteiger partial charge in [0.15, 0.2) is 5.82 Å². The Morgan fingerprint density at radius 3 is 2.56 bits per heavy atom. The molecule has 94 valence electrons. The summed E-state index contributed by atoms with van der Waals surface area (Å²) in [6, 6.07) is 10.4. The topological polar surface area (TPSA) is 51.8 Å². The third kappa shape index (κ3) is 3.14. The second-order valence-corrected chi connectivity index (χ2v) is 4.61. The number of nitrogens with zero attached hydrogens (tertiary/aromatic N) is 2. The van der Waals surface area contributed by atoms with Gasteiger partial charge in [-0.25, -0.2) is 9.97 Å². The van der Waals surface area contributed by atoms with Crippen LogP contribution in [0.2, 0.25) is 0 Å². The highest BCUT2D eigenvalue weighted by atomic mass is 14.9. The van der Waals surface area contributed by atoms with E-state index in [1.807, 2.05) is 18.2 Å². The maximum atomic E-state index is 5.95. The average molecular weight is 241 g/mol. The molecular formula is C15H19N3. The second kappa shape index (κ2) is 5.74. The zero-order valence-electron chi connectivity index (χ0n) is 10.9. The zero-order chi connectivity index (χ0) is 13.0. The summed E-state index contributed by atoms with van der Waals surface area (Å²) in [4.78, 5) is 8.89. The Morgan fingerprint density at radius 1 is 1.17 bits per heavy atom. The number of nitrogens with two attached hydrogens (primary N) is 1. The molecular weight excluding hydrogens is 222 g/mol. The van der Waals surface area contributed by atoms with Crippen molar-refractivity contribution in [2.24, 2.45) is 5.73 Å². The van der Waals surface area contributed by atoms with E-state index in [4.69, 9.17) is 5.73 Å². The number of hydrogen-bond donors (Lipinski definition) is 1. The minimum Gasteiger partial charge on any atom is -0.327 e. The third-order valence-corrected chi connectivity index (χ3v) is 3.02. The summed E-state index contributed by atoms with van der Waals surface area (Å²) in [5, 5.41) is 0. The van der Waals surface area contributed by atoms with E-state index < -0.39 is 0 Å². The lowest BCUT2D eigenvalue weighted by atomic mass is 10.1. The standard InChI is InChI=1S/C15H19N3/c1-3-13(16)10-14-8-9-17-15(18-14)12-6-4-11(2)5-7-12/h4-9,13H,3,10,16H2,1-2H3. The van der Waals surface area contributed by atoms with E-state index in [1.54, 1.807) is 6.20 Å². The molecule has 0 aliphatic heterocycles. The van der Waals surface area contributed by atoms with Crippen molar-refractivity contribution in [3.05, 3.63) is 47.8 Å². The van der Waals surface area contributed by atoms with E-state index in [0.717, 1.165) is 29.9 Å². The number of benzene rings is 1. The maximum Gasteiger partial charge on any atom is 0.159 e. The van der Waals surface area contributed by atoms with E-state index in [9.17, 15) is 0 Å². The minimum atomic E-state index is 0.172. The Balaban J connectivity index is 2.24. The van der Waals surface area contributed by atoms with E-state index in [2.05, 4.69) is 35.9 Å². The van der Waals surface area contributed by atoms with Crippen LogP contribution in [-0.2, 0) is 6.42 Å². The van der Waals surface area contributed by atoms with Crippen molar-refractivity contribution in [2.75, 3.05) is 0 Å². The molecule has 2 rings (SSSR count). The average Bonchev–Trinajstić information content (AvgIpc) is 2.40. The predicted octanol–water partition coefficient (Wildman–Crippen LogP) is 2.73. The van der Waals surface area contributed by atoms with Crippen molar-refractivity contribution >= 4 is 0 Å². The predicted molar refractivity (Wildman–Crippen MR) is 74.2 cm³/mol. The van der Waals surface area contributed by atoms with Crippen molar-refractivity contribution < 1.29 is 0 Å². The normalized spacial score (nSPS) is 12.4. The molecule has 2 N–H and O–H groups in total. The third-order valence-electron chi connectivity index (χ3n) is 3.02. The van der Waals surface area contributed by atoms with E-state index >= 15 is 0 Å². The molecule has 1 atom stereocenters. The largest absolute Gasteiger partial charge is 0.327 e. The number of aromatic nitrogens is 2. The van der Waals surface area contributed by atoms with Crippen molar-refractivity contribution in [3.8, 4) is 11.4 Å². The van der Waals surface area contributed by atoms with Gasteiger partial charge in [0.1, 0.15) is 0 Å². The van der Waals surface area contributed by atoms with Gasteiger partial charge in [-0.15, -0.1) is 0 Å². The molecule has 0 fully saturated rings. The van der Waals surface area contributed by atoms with Crippen LogP contribution in [0.15, 0.2) is 36.5 Å². The SMILES string of the molecule is CCC(N)Cc1ccnc(-c2ccc(C)cc2)n1. The van der Waals surface area contributed by atoms with Gasteiger partial charge in [0.05, 0.1) is 0 Å². The summed E-state index contributed by atoms with van der Waals surface area (Å²) in [5.41, 5.74) is 9.25. The van der Waals surface area contributed by atoms with Crippen molar-refractivity contribution in [2.45, 2.75) is 32.7 Å². The van der Waals surface area contributed by atoms with Gasteiger partial charge < -0.3 is 5.73 Å². The van der Waals surface area contributed by atoms with Crippen molar-refractivity contribution in [1.82, 2.24) is 9.97 Å². The minimum absolute atomic E-state index is 0.172. The first-order valence-electron chi connectivity index (χ1n) is 6.33. The lowest BCUT2D eigenvalue weighted by molar-refractivity contribution is 0.636. The van der Waals surface area contributed by atoms with Gasteiger partial charge in [-0.05, 0) is 19.4 Å². The number of rotatable bonds is 4. The molecule has 3 heteroatoms. The summed E-state index contributed by atoms with van der Waals surface area (Å²) in [5.74, 6) is 0.774. The molecule has 0 aliphatic carbocycles. The molecule has 1 aromatic heterocycles. The van der Waals surface area contributed by atoms with Crippen LogP contribution >= 0.6 is 0 Å². The molecule has 1 unspecified atom stereocenters. The van der Waals surface area contributed by atoms with Crippen LogP contribution in [0.3, 0.4) is 0 Å². The molecule has 18 heavy (non-hydrogen) atoms. The molecule has 1 aromatic carbocycles. The molecule has 0 radical (unpaired) electrons. The van der Waals surface area contributed by atoms with E-state index in [-0.39, 0.29) is 6.04 Å². The quantitative estimate of drug-likeness (QED) is 0.895. The Bertz CT molecular complexity index is 505. The van der Waals surface area contributed by atoms with Crippen LogP contribution < -0.4 is 5.73 Å². The van der Waals surface area contributed by atoms with E-state index in [0.29, 0.717) is 0 Å². The molecule has 0 amide bonds. The van der Waals surface area contributed by atoms with Gasteiger partial charge in [0.2, 0.25) is 0 Å². The van der Waals surface area contributed by atoms with Crippen LogP contribution in [0, 0.1) is 6.92 Å². The smallest absolute Gasteiger partial charge is 0.159 e. The molecule has 3 nitrogen and oxygen atoms in total. The van der Waals surface area contributed by atoms with Gasteiger partial charge >= 0.3 is 0 Å². The summed E-state index contributed by atoms with van der Waals surface area (Å²) in [7, 11) is 0. The van der Waals surface area contributed by atoms with Crippen LogP contribution in [0.5, 0.6) is 0 Å². The highest BCUT2D eigenvalue weighted by Crippen LogP contribution is 2.15. The molecule has 0 bridgehead atoms. The lowest BCUT2D eigenvalue weighted by Gasteiger charge is -2.08. The van der Waals surface area contributed by atoms with Gasteiger partial charge in [-0.1, -0.05) is 36.8 Å². The molecule has 2 aromatic rings. The first-order valence-corrected chi connectivity index (χ1v) is 6.33. The van der Waals surface area contributed by atoms with E-state index in [1.165, 1.54) is 5.56 Å². The number of hydrogen-bond acceptors (Lipinski definition) is 3. The molecule has 0 saturated carbocycles. The summed E-state index contributed by atoms with van der Waals surface area (Å²) < 4.78 is 0. The number of aryl methyl sites for hydroxylation is 1. The van der Waals surface area contributed by atoms with Crippen LogP contribution in [0.4, 0.5) is 0 Å². The Kier molecular flexibility index (Phi) is 4.05. The Morgan fingerprint density at radius 2 is 1.89 bits per heavy atom. The van der Waals surface area contributed by atoms with Gasteiger partial charge in [0.25, 0.3) is 0 Å². The van der Waals surface area contributed by atoms with Gasteiger partial charge in [0, 0.05) is 29.9 Å².